The summed E-state index contributed by atoms with van der Waals surface area (Å²) in [5, 5.41) is 12.2. The number of nitrogens with two attached hydrogens (primary N) is 2. The quantitative estimate of drug-likeness (QED) is 0.501. The maximum Gasteiger partial charge on any atom is 0.274 e. The van der Waals surface area contributed by atoms with E-state index in [-0.39, 0.29) is 36.5 Å². The van der Waals surface area contributed by atoms with E-state index >= 15 is 4.39 Å². The van der Waals surface area contributed by atoms with Crippen molar-refractivity contribution < 1.29 is 27.1 Å². The third-order valence-electron chi connectivity index (χ3n) is 6.61. The van der Waals surface area contributed by atoms with E-state index in [9.17, 15) is 22.7 Å². The van der Waals surface area contributed by atoms with E-state index in [0.29, 0.717) is 0 Å². The molecule has 12 heteroatoms. The minimum absolute atomic E-state index is 0.0560. The predicted molar refractivity (Wildman–Crippen MR) is 112 cm³/mol. The zero-order valence-corrected chi connectivity index (χ0v) is 18.0. The van der Waals surface area contributed by atoms with Crippen LogP contribution in [0.4, 0.5) is 8.78 Å². The molecule has 2 aliphatic carbocycles. The van der Waals surface area contributed by atoms with Gasteiger partial charge in [-0.3, -0.25) is 4.79 Å². The fourth-order valence-electron chi connectivity index (χ4n) is 4.43. The maximum atomic E-state index is 15.1. The fraction of sp³-hybridized carbons (Fsp3) is 0.450. The van der Waals surface area contributed by atoms with Gasteiger partial charge in [0.2, 0.25) is 0 Å². The van der Waals surface area contributed by atoms with Gasteiger partial charge in [-0.1, -0.05) is 0 Å². The van der Waals surface area contributed by atoms with Gasteiger partial charge >= 0.3 is 0 Å². The normalized spacial score (nSPS) is 35.9. The van der Waals surface area contributed by atoms with E-state index < -0.39 is 55.1 Å². The highest BCUT2D eigenvalue weighted by atomic mass is 32.2. The molecule has 1 saturated carbocycles. The van der Waals surface area contributed by atoms with Crippen LogP contribution in [0.3, 0.4) is 0 Å². The Morgan fingerprint density at radius 3 is 2.53 bits per heavy atom. The van der Waals surface area contributed by atoms with Gasteiger partial charge in [-0.25, -0.2) is 27.2 Å². The molecule has 1 amide bonds. The number of rotatable bonds is 3. The third kappa shape index (κ3) is 3.24. The van der Waals surface area contributed by atoms with E-state index in [1.807, 2.05) is 0 Å². The smallest absolute Gasteiger partial charge is 0.274 e. The predicted octanol–water partition coefficient (Wildman–Crippen LogP) is 0.432. The molecule has 0 aromatic carbocycles. The third-order valence-corrected chi connectivity index (χ3v) is 9.17. The van der Waals surface area contributed by atoms with Crippen molar-refractivity contribution in [2.45, 2.75) is 42.7 Å². The average molecular weight is 467 g/mol. The summed E-state index contributed by atoms with van der Waals surface area (Å²) in [4.78, 5) is 20.4. The highest BCUT2D eigenvalue weighted by Gasteiger charge is 2.65. The molecule has 1 aromatic rings. The molecule has 1 spiro atoms. The summed E-state index contributed by atoms with van der Waals surface area (Å²) < 4.78 is 52.9. The van der Waals surface area contributed by atoms with Crippen LogP contribution >= 0.6 is 0 Å². The van der Waals surface area contributed by atoms with Gasteiger partial charge in [-0.2, -0.15) is 0 Å². The molecule has 0 bridgehead atoms. The fourth-order valence-corrected chi connectivity index (χ4v) is 6.93. The SMILES string of the molecule is CC1([C@]2(N)CS(=O)(=O)C3(CC(O)C3)C(N)=N2)CC(NC(=O)c2ccc(F)cn2)=CC=C1F. The van der Waals surface area contributed by atoms with Crippen molar-refractivity contribution in [1.29, 1.82) is 0 Å². The molecule has 1 aliphatic heterocycles. The molecule has 4 rings (SSSR count). The Morgan fingerprint density at radius 1 is 1.28 bits per heavy atom. The summed E-state index contributed by atoms with van der Waals surface area (Å²) in [6.45, 7) is 1.41. The standard InChI is InChI=1S/C20H23F2N5O4S/c1-18(20(24)10-32(30,31)19(17(23)27-20)7-13(28)8-19)6-12(3-5-15(18)22)26-16(29)14-4-2-11(21)9-25-14/h2-5,9,13,28H,6-8,10,24H2,1H3,(H2,23,27)(H,26,29)/t13?,18?,19?,20-/m0/s1. The van der Waals surface area contributed by atoms with Crippen molar-refractivity contribution in [2.24, 2.45) is 21.9 Å². The minimum Gasteiger partial charge on any atom is -0.393 e. The molecular weight excluding hydrogens is 444 g/mol. The Morgan fingerprint density at radius 2 is 1.97 bits per heavy atom. The van der Waals surface area contributed by atoms with Crippen molar-refractivity contribution in [3.63, 3.8) is 0 Å². The summed E-state index contributed by atoms with van der Waals surface area (Å²) >= 11 is 0. The molecular formula is C20H23F2N5O4S. The highest BCUT2D eigenvalue weighted by molar-refractivity contribution is 7.93. The summed E-state index contributed by atoms with van der Waals surface area (Å²) in [5.74, 6) is -2.89. The van der Waals surface area contributed by atoms with Gasteiger partial charge in [0.05, 0.1) is 23.5 Å². The number of hydrogen-bond acceptors (Lipinski definition) is 8. The molecule has 32 heavy (non-hydrogen) atoms. The van der Waals surface area contributed by atoms with E-state index in [1.165, 1.54) is 19.1 Å². The number of nitrogens with one attached hydrogen (secondary N) is 1. The molecule has 0 saturated heterocycles. The second kappa shape index (κ2) is 7.15. The van der Waals surface area contributed by atoms with Crippen molar-refractivity contribution in [2.75, 3.05) is 5.75 Å². The molecule has 172 valence electrons. The first kappa shape index (κ1) is 22.5. The van der Waals surface area contributed by atoms with E-state index in [4.69, 9.17) is 11.5 Å². The Kier molecular flexibility index (Phi) is 5.03. The van der Waals surface area contributed by atoms with E-state index in [2.05, 4.69) is 15.3 Å². The molecule has 2 atom stereocenters. The lowest BCUT2D eigenvalue weighted by atomic mass is 9.71. The largest absolute Gasteiger partial charge is 0.393 e. The van der Waals surface area contributed by atoms with E-state index in [1.54, 1.807) is 0 Å². The number of sulfone groups is 1. The van der Waals surface area contributed by atoms with Crippen LogP contribution < -0.4 is 16.8 Å². The zero-order chi connectivity index (χ0) is 23.5. The highest BCUT2D eigenvalue weighted by Crippen LogP contribution is 2.52. The van der Waals surface area contributed by atoms with Crippen LogP contribution in [0.15, 0.2) is 47.0 Å². The number of nitrogens with zero attached hydrogens (tertiary/aromatic N) is 2. The number of amidine groups is 1. The van der Waals surface area contributed by atoms with Gasteiger partial charge in [0.15, 0.2) is 9.84 Å². The van der Waals surface area contributed by atoms with Crippen LogP contribution in [-0.2, 0) is 9.84 Å². The monoisotopic (exact) mass is 467 g/mol. The Bertz CT molecular complexity index is 1170. The van der Waals surface area contributed by atoms with Gasteiger partial charge in [0.1, 0.15) is 33.6 Å². The lowest BCUT2D eigenvalue weighted by molar-refractivity contribution is 0.0758. The molecule has 9 nitrogen and oxygen atoms in total. The molecule has 1 fully saturated rings. The van der Waals surface area contributed by atoms with E-state index in [0.717, 1.165) is 18.3 Å². The number of carbonyl (C=O) groups is 1. The van der Waals surface area contributed by atoms with Crippen LogP contribution in [0.1, 0.15) is 36.7 Å². The van der Waals surface area contributed by atoms with Crippen LogP contribution in [0, 0.1) is 11.2 Å². The number of amides is 1. The van der Waals surface area contributed by atoms with Gasteiger partial charge in [-0.15, -0.1) is 0 Å². The first-order valence-electron chi connectivity index (χ1n) is 9.87. The van der Waals surface area contributed by atoms with Crippen LogP contribution in [0.25, 0.3) is 0 Å². The van der Waals surface area contributed by atoms with Gasteiger partial charge in [0, 0.05) is 25.0 Å². The number of hydrogen-bond donors (Lipinski definition) is 4. The van der Waals surface area contributed by atoms with Crippen molar-refractivity contribution >= 4 is 21.6 Å². The summed E-state index contributed by atoms with van der Waals surface area (Å²) in [7, 11) is -3.96. The Labute approximate surface area is 183 Å². The summed E-state index contributed by atoms with van der Waals surface area (Å²) in [5.41, 5.74) is 9.03. The minimum atomic E-state index is -3.96. The first-order valence-corrected chi connectivity index (χ1v) is 11.5. The molecule has 3 aliphatic rings. The first-order chi connectivity index (χ1) is 14.8. The van der Waals surface area contributed by atoms with Gasteiger partial charge < -0.3 is 21.9 Å². The van der Waals surface area contributed by atoms with Crippen molar-refractivity contribution in [3.05, 3.63) is 53.5 Å². The summed E-state index contributed by atoms with van der Waals surface area (Å²) in [6, 6.07) is 2.27. The molecule has 1 aromatic heterocycles. The second-order valence-electron chi connectivity index (χ2n) is 8.77. The lowest BCUT2D eigenvalue weighted by Gasteiger charge is -2.52. The number of aromatic nitrogens is 1. The lowest BCUT2D eigenvalue weighted by Crippen LogP contribution is -2.71. The average Bonchev–Trinajstić information content (AvgIpc) is 2.67. The number of halogens is 2. The Hall–Kier alpha value is -2.70. The maximum absolute atomic E-state index is 15.1. The number of carbonyl (C=O) groups excluding carboxylic acids is 1. The zero-order valence-electron chi connectivity index (χ0n) is 17.2. The summed E-state index contributed by atoms with van der Waals surface area (Å²) in [6.07, 6.45) is 2.15. The second-order valence-corrected chi connectivity index (χ2v) is 11.1. The number of aliphatic hydroxyl groups is 1. The van der Waals surface area contributed by atoms with Crippen LogP contribution in [-0.4, -0.2) is 52.5 Å². The molecule has 1 unspecified atom stereocenters. The molecule has 0 radical (unpaired) electrons. The topological polar surface area (TPSA) is 161 Å². The molecule has 2 heterocycles. The van der Waals surface area contributed by atoms with Gasteiger partial charge in [-0.05, 0) is 31.2 Å². The Balaban J connectivity index is 1.63. The number of allylic oxidation sites excluding steroid dienone is 3. The van der Waals surface area contributed by atoms with Gasteiger partial charge in [0.25, 0.3) is 5.91 Å². The van der Waals surface area contributed by atoms with Crippen molar-refractivity contribution in [1.82, 2.24) is 10.3 Å². The van der Waals surface area contributed by atoms with Crippen molar-refractivity contribution in [3.8, 4) is 0 Å². The van der Waals surface area contributed by atoms with Crippen LogP contribution in [0.2, 0.25) is 0 Å². The number of aliphatic imine (C=N–C) groups is 1. The number of aliphatic hydroxyl groups excluding tert-OH is 1. The molecule has 6 N–H and O–H groups in total. The van der Waals surface area contributed by atoms with Crippen LogP contribution in [0.5, 0.6) is 0 Å². The number of pyridine rings is 1.